The normalized spacial score (nSPS) is 15.4. The minimum atomic E-state index is -5.25. The number of amides is 1. The maximum atomic E-state index is 13.4. The van der Waals surface area contributed by atoms with E-state index < -0.39 is 29.4 Å². The number of benzene rings is 1. The minimum absolute atomic E-state index is 0.123. The van der Waals surface area contributed by atoms with Gasteiger partial charge in [-0.3, -0.25) is 4.79 Å². The number of aliphatic hydroxyl groups is 1. The van der Waals surface area contributed by atoms with Gasteiger partial charge in [0.15, 0.2) is 6.04 Å². The van der Waals surface area contributed by atoms with E-state index in [2.05, 4.69) is 4.74 Å². The number of methoxy groups -OCH3 is 2. The van der Waals surface area contributed by atoms with Gasteiger partial charge in [-0.25, -0.2) is 4.79 Å². The van der Waals surface area contributed by atoms with Gasteiger partial charge in [-0.15, -0.1) is 0 Å². The smallest absolute Gasteiger partial charge is 0.424 e. The van der Waals surface area contributed by atoms with E-state index >= 15 is 0 Å². The van der Waals surface area contributed by atoms with Crippen molar-refractivity contribution in [3.63, 3.8) is 0 Å². The van der Waals surface area contributed by atoms with Crippen molar-refractivity contribution in [2.75, 3.05) is 14.2 Å². The summed E-state index contributed by atoms with van der Waals surface area (Å²) in [5, 5.41) is 11.8. The molecule has 2 atom stereocenters. The molecule has 0 aliphatic rings. The maximum absolute atomic E-state index is 13.4. The molecule has 0 fully saturated rings. The fourth-order valence-electron chi connectivity index (χ4n) is 1.88. The third-order valence-electron chi connectivity index (χ3n) is 3.05. The van der Waals surface area contributed by atoms with Crippen molar-refractivity contribution in [1.29, 1.82) is 0 Å². The molecule has 1 amide bonds. The van der Waals surface area contributed by atoms with Crippen LogP contribution in [0.5, 0.6) is 5.75 Å². The predicted octanol–water partition coefficient (Wildman–Crippen LogP) is 0.733. The van der Waals surface area contributed by atoms with Gasteiger partial charge in [-0.2, -0.15) is 13.2 Å². The second kappa shape index (κ2) is 6.65. The Morgan fingerprint density at radius 2 is 1.82 bits per heavy atom. The summed E-state index contributed by atoms with van der Waals surface area (Å²) in [6, 6.07) is 1.88. The Labute approximate surface area is 123 Å². The molecular formula is C13H14F3NO5. The Balaban J connectivity index is 3.46. The van der Waals surface area contributed by atoms with Gasteiger partial charge in [-0.05, 0) is 17.7 Å². The topological polar surface area (TPSA) is 84.9 Å². The predicted molar refractivity (Wildman–Crippen MR) is 67.9 cm³/mol. The van der Waals surface area contributed by atoms with Crippen molar-refractivity contribution in [2.24, 2.45) is 0 Å². The van der Waals surface area contributed by atoms with Gasteiger partial charge in [0.2, 0.25) is 12.0 Å². The van der Waals surface area contributed by atoms with Crippen LogP contribution in [0, 0.1) is 0 Å². The Morgan fingerprint density at radius 3 is 2.18 bits per heavy atom. The summed E-state index contributed by atoms with van der Waals surface area (Å²) in [6.45, 7) is 0. The molecule has 0 radical (unpaired) electrons. The monoisotopic (exact) mass is 321 g/mol. The number of esters is 1. The number of rotatable bonds is 6. The first-order chi connectivity index (χ1) is 10.2. The van der Waals surface area contributed by atoms with Gasteiger partial charge in [0.25, 0.3) is 0 Å². The second-order valence-electron chi connectivity index (χ2n) is 4.23. The fraction of sp³-hybridized carbons (Fsp3) is 0.385. The molecule has 0 unspecified atom stereocenters. The standard InChI is InChI=1S/C13H14F3NO5/c1-21-9-5-3-8(4-6-9)12(20,13(14,15)16)10(17-7-18)11(19)22-2/h3-7,10,20H,1-2H3,(H,17,18)/t10-,12-/m1/s1. The Bertz CT molecular complexity index is 531. The first kappa shape index (κ1) is 17.8. The summed E-state index contributed by atoms with van der Waals surface area (Å²) in [4.78, 5) is 22.1. The second-order valence-corrected chi connectivity index (χ2v) is 4.23. The number of carbonyl (C=O) groups is 2. The van der Waals surface area contributed by atoms with Crippen molar-refractivity contribution in [3.05, 3.63) is 29.8 Å². The third kappa shape index (κ3) is 3.14. The molecule has 0 bridgehead atoms. The van der Waals surface area contributed by atoms with Crippen LogP contribution in [0.15, 0.2) is 24.3 Å². The van der Waals surface area contributed by atoms with Crippen LogP contribution in [0.3, 0.4) is 0 Å². The number of halogens is 3. The first-order valence-corrected chi connectivity index (χ1v) is 5.93. The third-order valence-corrected chi connectivity index (χ3v) is 3.05. The van der Waals surface area contributed by atoms with E-state index in [1.54, 1.807) is 5.32 Å². The molecule has 122 valence electrons. The number of alkyl halides is 3. The largest absolute Gasteiger partial charge is 0.497 e. The summed E-state index contributed by atoms with van der Waals surface area (Å²) < 4.78 is 49.2. The molecule has 2 N–H and O–H groups in total. The van der Waals surface area contributed by atoms with E-state index in [4.69, 9.17) is 4.74 Å². The number of hydrogen-bond donors (Lipinski definition) is 2. The number of ether oxygens (including phenoxy) is 2. The van der Waals surface area contributed by atoms with E-state index in [1.807, 2.05) is 0 Å². The molecule has 0 aliphatic heterocycles. The van der Waals surface area contributed by atoms with Crippen LogP contribution >= 0.6 is 0 Å². The lowest BCUT2D eigenvalue weighted by Crippen LogP contribution is -2.60. The van der Waals surface area contributed by atoms with Crippen LogP contribution in [-0.2, 0) is 19.9 Å². The number of hydrogen-bond acceptors (Lipinski definition) is 5. The highest BCUT2D eigenvalue weighted by molar-refractivity contribution is 5.80. The molecule has 0 spiro atoms. The van der Waals surface area contributed by atoms with Gasteiger partial charge in [0.05, 0.1) is 14.2 Å². The van der Waals surface area contributed by atoms with Crippen LogP contribution in [0.2, 0.25) is 0 Å². The van der Waals surface area contributed by atoms with Gasteiger partial charge < -0.3 is 19.9 Å². The van der Waals surface area contributed by atoms with E-state index in [9.17, 15) is 27.9 Å². The minimum Gasteiger partial charge on any atom is -0.497 e. The molecule has 9 heteroatoms. The summed E-state index contributed by atoms with van der Waals surface area (Å²) in [5.74, 6) is -1.19. The van der Waals surface area contributed by atoms with Crippen LogP contribution in [0.1, 0.15) is 5.56 Å². The van der Waals surface area contributed by atoms with Crippen molar-refractivity contribution in [3.8, 4) is 5.75 Å². The van der Waals surface area contributed by atoms with Crippen molar-refractivity contribution in [1.82, 2.24) is 5.32 Å². The Hall–Kier alpha value is -2.29. The van der Waals surface area contributed by atoms with Gasteiger partial charge in [-0.1, -0.05) is 12.1 Å². The zero-order valence-electron chi connectivity index (χ0n) is 11.7. The Kier molecular flexibility index (Phi) is 5.37. The first-order valence-electron chi connectivity index (χ1n) is 5.93. The average Bonchev–Trinajstić information content (AvgIpc) is 2.50. The van der Waals surface area contributed by atoms with Crippen LogP contribution in [0.4, 0.5) is 13.2 Å². The summed E-state index contributed by atoms with van der Waals surface area (Å²) in [5.41, 5.74) is -4.31. The maximum Gasteiger partial charge on any atom is 0.424 e. The summed E-state index contributed by atoms with van der Waals surface area (Å²) in [7, 11) is 2.16. The lowest BCUT2D eigenvalue weighted by Gasteiger charge is -2.36. The molecule has 1 rings (SSSR count). The van der Waals surface area contributed by atoms with Crippen LogP contribution < -0.4 is 10.1 Å². The Morgan fingerprint density at radius 1 is 1.27 bits per heavy atom. The summed E-state index contributed by atoms with van der Waals surface area (Å²) >= 11 is 0. The molecule has 1 aromatic rings. The molecule has 0 aromatic heterocycles. The summed E-state index contributed by atoms with van der Waals surface area (Å²) in [6.07, 6.45) is -5.38. The number of carbonyl (C=O) groups excluding carboxylic acids is 2. The quantitative estimate of drug-likeness (QED) is 0.596. The van der Waals surface area contributed by atoms with Crippen molar-refractivity contribution < 1.29 is 37.3 Å². The van der Waals surface area contributed by atoms with Crippen molar-refractivity contribution in [2.45, 2.75) is 17.8 Å². The zero-order valence-corrected chi connectivity index (χ0v) is 11.7. The SMILES string of the molecule is COC(=O)[C@@H](NC=O)[C@](O)(c1ccc(OC)cc1)C(F)(F)F. The molecule has 1 aromatic carbocycles. The molecule has 0 heterocycles. The fourth-order valence-corrected chi connectivity index (χ4v) is 1.88. The highest BCUT2D eigenvalue weighted by Gasteiger charge is 2.62. The molecular weight excluding hydrogens is 307 g/mol. The lowest BCUT2D eigenvalue weighted by atomic mass is 9.85. The van der Waals surface area contributed by atoms with Gasteiger partial charge in [0, 0.05) is 0 Å². The van der Waals surface area contributed by atoms with E-state index in [0.29, 0.717) is 0 Å². The molecule has 22 heavy (non-hydrogen) atoms. The average molecular weight is 321 g/mol. The van der Waals surface area contributed by atoms with E-state index in [1.165, 1.54) is 19.2 Å². The van der Waals surface area contributed by atoms with Crippen LogP contribution in [-0.4, -0.2) is 43.9 Å². The van der Waals surface area contributed by atoms with E-state index in [-0.39, 0.29) is 12.2 Å². The van der Waals surface area contributed by atoms with Crippen molar-refractivity contribution >= 4 is 12.4 Å². The van der Waals surface area contributed by atoms with Gasteiger partial charge >= 0.3 is 12.1 Å². The lowest BCUT2D eigenvalue weighted by molar-refractivity contribution is -0.276. The molecule has 6 nitrogen and oxygen atoms in total. The highest BCUT2D eigenvalue weighted by Crippen LogP contribution is 2.42. The number of nitrogens with one attached hydrogen (secondary N) is 1. The molecule has 0 aliphatic carbocycles. The van der Waals surface area contributed by atoms with Crippen LogP contribution in [0.25, 0.3) is 0 Å². The molecule has 0 saturated heterocycles. The molecule has 0 saturated carbocycles. The van der Waals surface area contributed by atoms with E-state index in [0.717, 1.165) is 19.2 Å². The van der Waals surface area contributed by atoms with Gasteiger partial charge in [0.1, 0.15) is 5.75 Å². The zero-order chi connectivity index (χ0) is 17.0. The highest BCUT2D eigenvalue weighted by atomic mass is 19.4.